The van der Waals surface area contributed by atoms with E-state index in [-0.39, 0.29) is 0 Å². The minimum Gasteiger partial charge on any atom is -0.440 e. The number of aromatic nitrogens is 2. The lowest BCUT2D eigenvalue weighted by atomic mass is 10.2. The average molecular weight is 269 g/mol. The Morgan fingerprint density at radius 1 is 1.10 bits per heavy atom. The molecular formula is C15H15N3O2. The first-order valence-corrected chi connectivity index (χ1v) is 6.81. The van der Waals surface area contributed by atoms with Gasteiger partial charge >= 0.3 is 0 Å². The molecule has 0 spiro atoms. The van der Waals surface area contributed by atoms with E-state index in [0.717, 1.165) is 54.1 Å². The summed E-state index contributed by atoms with van der Waals surface area (Å²) in [4.78, 5) is 11.5. The van der Waals surface area contributed by atoms with Crippen molar-refractivity contribution in [1.29, 1.82) is 0 Å². The Morgan fingerprint density at radius 3 is 2.75 bits per heavy atom. The van der Waals surface area contributed by atoms with E-state index < -0.39 is 0 Å². The highest BCUT2D eigenvalue weighted by molar-refractivity contribution is 6.05. The van der Waals surface area contributed by atoms with Gasteiger partial charge in [0.15, 0.2) is 22.8 Å². The second-order valence-corrected chi connectivity index (χ2v) is 4.96. The molecule has 1 saturated heterocycles. The molecule has 5 nitrogen and oxygen atoms in total. The molecule has 20 heavy (non-hydrogen) atoms. The maximum absolute atomic E-state index is 5.80. The molecule has 1 aliphatic heterocycles. The fourth-order valence-electron chi connectivity index (χ4n) is 2.69. The van der Waals surface area contributed by atoms with Gasteiger partial charge in [0.2, 0.25) is 0 Å². The molecule has 102 valence electrons. The predicted molar refractivity (Wildman–Crippen MR) is 77.1 cm³/mol. The molecule has 3 heterocycles. The monoisotopic (exact) mass is 269 g/mol. The van der Waals surface area contributed by atoms with Crippen LogP contribution in [0.15, 0.2) is 28.7 Å². The smallest absolute Gasteiger partial charge is 0.192 e. The third-order valence-electron chi connectivity index (χ3n) is 3.63. The quantitative estimate of drug-likeness (QED) is 0.679. The number of hydrogen-bond donors (Lipinski definition) is 0. The van der Waals surface area contributed by atoms with Crippen molar-refractivity contribution in [3.63, 3.8) is 0 Å². The second-order valence-electron chi connectivity index (χ2n) is 4.96. The van der Waals surface area contributed by atoms with Crippen molar-refractivity contribution in [3.8, 4) is 0 Å². The van der Waals surface area contributed by atoms with Gasteiger partial charge in [-0.05, 0) is 12.1 Å². The van der Waals surface area contributed by atoms with E-state index in [4.69, 9.17) is 14.1 Å². The number of morpholine rings is 1. The van der Waals surface area contributed by atoms with Crippen LogP contribution in [0.3, 0.4) is 0 Å². The van der Waals surface area contributed by atoms with E-state index in [1.165, 1.54) is 0 Å². The van der Waals surface area contributed by atoms with Crippen molar-refractivity contribution in [2.75, 3.05) is 31.2 Å². The highest BCUT2D eigenvalue weighted by Crippen LogP contribution is 2.31. The highest BCUT2D eigenvalue weighted by atomic mass is 16.5. The van der Waals surface area contributed by atoms with Crippen LogP contribution in [0, 0.1) is 6.92 Å². The first kappa shape index (κ1) is 11.7. The van der Waals surface area contributed by atoms with Crippen molar-refractivity contribution >= 4 is 27.8 Å². The number of aryl methyl sites for hydroxylation is 1. The molecule has 0 unspecified atom stereocenters. The van der Waals surface area contributed by atoms with Gasteiger partial charge in [0.1, 0.15) is 0 Å². The summed E-state index contributed by atoms with van der Waals surface area (Å²) >= 11 is 0. The summed E-state index contributed by atoms with van der Waals surface area (Å²) < 4.78 is 11.2. The Labute approximate surface area is 116 Å². The fraction of sp³-hybridized carbons (Fsp3) is 0.333. The molecule has 4 rings (SSSR count). The van der Waals surface area contributed by atoms with Crippen LogP contribution >= 0.6 is 0 Å². The lowest BCUT2D eigenvalue weighted by Crippen LogP contribution is -2.36. The van der Waals surface area contributed by atoms with Crippen LogP contribution < -0.4 is 4.90 Å². The number of oxazole rings is 1. The van der Waals surface area contributed by atoms with Crippen LogP contribution in [0.4, 0.5) is 5.82 Å². The van der Waals surface area contributed by atoms with E-state index >= 15 is 0 Å². The number of anilines is 1. The summed E-state index contributed by atoms with van der Waals surface area (Å²) in [6.07, 6.45) is 0. The van der Waals surface area contributed by atoms with E-state index in [0.29, 0.717) is 5.89 Å². The maximum atomic E-state index is 5.80. The normalized spacial score (nSPS) is 16.1. The van der Waals surface area contributed by atoms with Crippen LogP contribution in [-0.4, -0.2) is 36.3 Å². The number of nitrogens with zero attached hydrogens (tertiary/aromatic N) is 3. The van der Waals surface area contributed by atoms with Crippen molar-refractivity contribution in [3.05, 3.63) is 30.2 Å². The standard InChI is InChI=1S/C15H15N3O2/c1-10-16-13-14(20-10)11-4-2-3-5-12(11)17-15(13)18-6-8-19-9-7-18/h2-5H,6-9H2,1H3. The van der Waals surface area contributed by atoms with Crippen molar-refractivity contribution in [2.24, 2.45) is 0 Å². The zero-order valence-electron chi connectivity index (χ0n) is 11.3. The molecule has 1 fully saturated rings. The zero-order valence-corrected chi connectivity index (χ0v) is 11.3. The molecule has 0 amide bonds. The summed E-state index contributed by atoms with van der Waals surface area (Å²) in [6.45, 7) is 5.01. The summed E-state index contributed by atoms with van der Waals surface area (Å²) in [7, 11) is 0. The summed E-state index contributed by atoms with van der Waals surface area (Å²) in [5, 5.41) is 1.01. The summed E-state index contributed by atoms with van der Waals surface area (Å²) in [5.74, 6) is 1.58. The number of pyridine rings is 1. The minimum absolute atomic E-state index is 0.674. The molecule has 1 aromatic carbocycles. The first-order valence-electron chi connectivity index (χ1n) is 6.81. The van der Waals surface area contributed by atoms with E-state index in [1.807, 2.05) is 31.2 Å². The van der Waals surface area contributed by atoms with Crippen molar-refractivity contribution < 1.29 is 9.15 Å². The Bertz CT molecular complexity index is 775. The summed E-state index contributed by atoms with van der Waals surface area (Å²) in [5.41, 5.74) is 2.62. The van der Waals surface area contributed by atoms with Gasteiger partial charge in [-0.15, -0.1) is 0 Å². The van der Waals surface area contributed by atoms with Crippen LogP contribution in [0.1, 0.15) is 5.89 Å². The second kappa shape index (κ2) is 4.45. The van der Waals surface area contributed by atoms with Gasteiger partial charge in [0.25, 0.3) is 0 Å². The average Bonchev–Trinajstić information content (AvgIpc) is 2.89. The SMILES string of the molecule is Cc1nc2c(N3CCOCC3)nc3ccccc3c2o1. The van der Waals surface area contributed by atoms with Gasteiger partial charge < -0.3 is 14.1 Å². The van der Waals surface area contributed by atoms with Gasteiger partial charge in [-0.1, -0.05) is 12.1 Å². The number of rotatable bonds is 1. The lowest BCUT2D eigenvalue weighted by Gasteiger charge is -2.28. The molecular weight excluding hydrogens is 254 g/mol. The molecule has 3 aromatic rings. The molecule has 2 aromatic heterocycles. The lowest BCUT2D eigenvalue weighted by molar-refractivity contribution is 0.122. The predicted octanol–water partition coefficient (Wildman–Crippen LogP) is 2.52. The van der Waals surface area contributed by atoms with Crippen molar-refractivity contribution in [2.45, 2.75) is 6.92 Å². The highest BCUT2D eigenvalue weighted by Gasteiger charge is 2.20. The van der Waals surface area contributed by atoms with Gasteiger partial charge in [-0.2, -0.15) is 0 Å². The molecule has 0 bridgehead atoms. The van der Waals surface area contributed by atoms with Gasteiger partial charge in [-0.3, -0.25) is 0 Å². The van der Waals surface area contributed by atoms with Gasteiger partial charge in [0.05, 0.1) is 18.7 Å². The van der Waals surface area contributed by atoms with Gasteiger partial charge in [-0.25, -0.2) is 9.97 Å². The van der Waals surface area contributed by atoms with Crippen LogP contribution in [0.25, 0.3) is 22.0 Å². The Balaban J connectivity index is 2.01. The van der Waals surface area contributed by atoms with Crippen molar-refractivity contribution in [1.82, 2.24) is 9.97 Å². The largest absolute Gasteiger partial charge is 0.440 e. The number of benzene rings is 1. The number of ether oxygens (including phenoxy) is 1. The summed E-state index contributed by atoms with van der Waals surface area (Å²) in [6, 6.07) is 8.03. The van der Waals surface area contributed by atoms with E-state index in [9.17, 15) is 0 Å². The molecule has 0 radical (unpaired) electrons. The zero-order chi connectivity index (χ0) is 13.5. The molecule has 0 atom stereocenters. The topological polar surface area (TPSA) is 51.4 Å². The van der Waals surface area contributed by atoms with Crippen LogP contribution in [-0.2, 0) is 4.74 Å². The first-order chi connectivity index (χ1) is 9.83. The number of hydrogen-bond acceptors (Lipinski definition) is 5. The molecule has 0 saturated carbocycles. The number of para-hydroxylation sites is 1. The Hall–Kier alpha value is -2.14. The Morgan fingerprint density at radius 2 is 1.90 bits per heavy atom. The molecule has 0 aliphatic carbocycles. The van der Waals surface area contributed by atoms with Crippen LogP contribution in [0.2, 0.25) is 0 Å². The van der Waals surface area contributed by atoms with Crippen LogP contribution in [0.5, 0.6) is 0 Å². The fourth-order valence-corrected chi connectivity index (χ4v) is 2.69. The van der Waals surface area contributed by atoms with E-state index in [2.05, 4.69) is 9.88 Å². The Kier molecular flexibility index (Phi) is 2.60. The van der Waals surface area contributed by atoms with E-state index in [1.54, 1.807) is 0 Å². The molecule has 5 heteroatoms. The molecule has 0 N–H and O–H groups in total. The van der Waals surface area contributed by atoms with Gasteiger partial charge in [0, 0.05) is 25.4 Å². The maximum Gasteiger partial charge on any atom is 0.192 e. The minimum atomic E-state index is 0.674. The third kappa shape index (κ3) is 1.74. The number of fused-ring (bicyclic) bond motifs is 3. The third-order valence-corrected chi connectivity index (χ3v) is 3.63. The molecule has 1 aliphatic rings.